The molecule has 0 fully saturated rings. The van der Waals surface area contributed by atoms with Crippen molar-refractivity contribution in [2.75, 3.05) is 6.26 Å². The van der Waals surface area contributed by atoms with Gasteiger partial charge in [0.05, 0.1) is 23.7 Å². The number of benzene rings is 1. The van der Waals surface area contributed by atoms with Crippen molar-refractivity contribution in [3.05, 3.63) is 66.2 Å². The second-order valence-electron chi connectivity index (χ2n) is 6.23. The quantitative estimate of drug-likeness (QED) is 0.531. The van der Waals surface area contributed by atoms with Crippen LogP contribution < -0.4 is 0 Å². The molecule has 4 rings (SSSR count). The number of nitrogens with zero attached hydrogens (tertiary/aromatic N) is 4. The number of rotatable bonds is 4. The summed E-state index contributed by atoms with van der Waals surface area (Å²) in [6, 6.07) is 10.9. The molecular weight excluding hydrogens is 383 g/mol. The molecule has 0 amide bonds. The van der Waals surface area contributed by atoms with Crippen molar-refractivity contribution in [1.82, 2.24) is 19.4 Å². The van der Waals surface area contributed by atoms with Crippen molar-refractivity contribution in [3.8, 4) is 22.6 Å². The predicted octanol–water partition coefficient (Wildman–Crippen LogP) is 2.49. The van der Waals surface area contributed by atoms with E-state index >= 15 is 0 Å². The Labute approximate surface area is 160 Å². The number of hydrogen-bond donors (Lipinski definition) is 1. The number of pyridine rings is 1. The van der Waals surface area contributed by atoms with Crippen LogP contribution in [0.5, 0.6) is 0 Å². The maximum Gasteiger partial charge on any atom is 0.247 e. The first-order valence-electron chi connectivity index (χ1n) is 8.28. The fraction of sp³-hybridized carbons (Fsp3) is 0.105. The van der Waals surface area contributed by atoms with E-state index in [1.807, 2.05) is 0 Å². The van der Waals surface area contributed by atoms with E-state index in [1.54, 1.807) is 40.9 Å². The fourth-order valence-electron chi connectivity index (χ4n) is 2.89. The third-order valence-electron chi connectivity index (χ3n) is 4.20. The Bertz CT molecular complexity index is 1280. The largest absolute Gasteiger partial charge is 0.392 e. The molecule has 4 aromatic rings. The van der Waals surface area contributed by atoms with E-state index in [0.29, 0.717) is 33.9 Å². The van der Waals surface area contributed by atoms with Gasteiger partial charge in [-0.3, -0.25) is 4.40 Å². The highest BCUT2D eigenvalue weighted by Gasteiger charge is 2.20. The topological polar surface area (TPSA) is 97.5 Å². The maximum absolute atomic E-state index is 13.4. The molecule has 0 aliphatic rings. The van der Waals surface area contributed by atoms with Gasteiger partial charge in [0.1, 0.15) is 11.5 Å². The van der Waals surface area contributed by atoms with Crippen molar-refractivity contribution < 1.29 is 17.9 Å². The zero-order valence-electron chi connectivity index (χ0n) is 14.7. The van der Waals surface area contributed by atoms with Crippen LogP contribution in [0.1, 0.15) is 5.56 Å². The number of sulfone groups is 1. The van der Waals surface area contributed by atoms with Crippen LogP contribution in [0.4, 0.5) is 4.39 Å². The van der Waals surface area contributed by atoms with Crippen LogP contribution in [0.2, 0.25) is 0 Å². The second-order valence-corrected chi connectivity index (χ2v) is 8.14. The van der Waals surface area contributed by atoms with Crippen LogP contribution in [-0.2, 0) is 16.4 Å². The summed E-state index contributed by atoms with van der Waals surface area (Å²) >= 11 is 0. The van der Waals surface area contributed by atoms with E-state index < -0.39 is 9.84 Å². The summed E-state index contributed by atoms with van der Waals surface area (Å²) in [4.78, 5) is 12.6. The van der Waals surface area contributed by atoms with E-state index in [9.17, 15) is 17.9 Å². The first-order chi connectivity index (χ1) is 13.4. The Hall–Kier alpha value is -3.17. The zero-order valence-corrected chi connectivity index (χ0v) is 15.6. The number of hydrogen-bond acceptors (Lipinski definition) is 6. The second kappa shape index (κ2) is 6.77. The van der Waals surface area contributed by atoms with Crippen LogP contribution in [0.25, 0.3) is 28.3 Å². The molecule has 0 saturated heterocycles. The number of aliphatic hydroxyl groups is 1. The van der Waals surface area contributed by atoms with Gasteiger partial charge in [-0.05, 0) is 48.0 Å². The molecule has 0 spiro atoms. The summed E-state index contributed by atoms with van der Waals surface area (Å²) in [5.41, 5.74) is 3.27. The minimum absolute atomic E-state index is 0.143. The average Bonchev–Trinajstić information content (AvgIpc) is 3.06. The minimum Gasteiger partial charge on any atom is -0.392 e. The molecule has 1 aromatic carbocycles. The summed E-state index contributed by atoms with van der Waals surface area (Å²) in [6.07, 6.45) is 4.13. The van der Waals surface area contributed by atoms with Crippen LogP contribution >= 0.6 is 0 Å². The van der Waals surface area contributed by atoms with Crippen molar-refractivity contribution in [2.45, 2.75) is 11.8 Å². The number of aromatic nitrogens is 4. The predicted molar refractivity (Wildman–Crippen MR) is 101 cm³/mol. The summed E-state index contributed by atoms with van der Waals surface area (Å²) in [6.45, 7) is -0.143. The van der Waals surface area contributed by atoms with Crippen molar-refractivity contribution in [2.24, 2.45) is 0 Å². The minimum atomic E-state index is -3.60. The highest BCUT2D eigenvalue weighted by atomic mass is 32.2. The molecule has 28 heavy (non-hydrogen) atoms. The highest BCUT2D eigenvalue weighted by Crippen LogP contribution is 2.32. The summed E-state index contributed by atoms with van der Waals surface area (Å²) < 4.78 is 38.9. The molecule has 0 atom stereocenters. The van der Waals surface area contributed by atoms with Gasteiger partial charge in [-0.1, -0.05) is 0 Å². The Balaban J connectivity index is 2.03. The van der Waals surface area contributed by atoms with Gasteiger partial charge < -0.3 is 5.11 Å². The zero-order chi connectivity index (χ0) is 19.9. The van der Waals surface area contributed by atoms with Gasteiger partial charge in [-0.25, -0.2) is 27.8 Å². The lowest BCUT2D eigenvalue weighted by atomic mass is 10.1. The van der Waals surface area contributed by atoms with Crippen LogP contribution in [-0.4, -0.2) is 39.1 Å². The summed E-state index contributed by atoms with van der Waals surface area (Å²) in [7, 11) is -3.60. The van der Waals surface area contributed by atoms with Crippen LogP contribution in [0.3, 0.4) is 0 Å². The summed E-state index contributed by atoms with van der Waals surface area (Å²) in [5, 5.41) is 9.10. The Morgan fingerprint density at radius 3 is 2.54 bits per heavy atom. The molecule has 142 valence electrons. The maximum atomic E-state index is 13.4. The molecule has 9 heteroatoms. The first-order valence-corrected chi connectivity index (χ1v) is 10.2. The molecule has 0 unspecified atom stereocenters. The molecule has 1 N–H and O–H groups in total. The molecule has 3 aromatic heterocycles. The Morgan fingerprint density at radius 2 is 1.86 bits per heavy atom. The SMILES string of the molecule is CS(=O)(=O)c1nccc(-c2c(-c3ccc(F)cc3)nc3cc(CO)ccn23)n1. The monoisotopic (exact) mass is 398 g/mol. The molecule has 0 aliphatic carbocycles. The lowest BCUT2D eigenvalue weighted by Crippen LogP contribution is -2.05. The van der Waals surface area contributed by atoms with Gasteiger partial charge in [0, 0.05) is 24.2 Å². The fourth-order valence-corrected chi connectivity index (χ4v) is 3.41. The van der Waals surface area contributed by atoms with Gasteiger partial charge in [0.15, 0.2) is 0 Å². The molecule has 0 bridgehead atoms. The smallest absolute Gasteiger partial charge is 0.247 e. The number of aliphatic hydroxyl groups excluding tert-OH is 1. The Kier molecular flexibility index (Phi) is 4.40. The molecule has 0 aliphatic heterocycles. The van der Waals surface area contributed by atoms with Gasteiger partial charge in [-0.2, -0.15) is 0 Å². The van der Waals surface area contributed by atoms with Crippen molar-refractivity contribution in [1.29, 1.82) is 0 Å². The normalized spacial score (nSPS) is 11.8. The molecule has 7 nitrogen and oxygen atoms in total. The van der Waals surface area contributed by atoms with E-state index in [1.165, 1.54) is 18.3 Å². The lowest BCUT2D eigenvalue weighted by molar-refractivity contribution is 0.282. The van der Waals surface area contributed by atoms with Gasteiger partial charge in [-0.15, -0.1) is 0 Å². The Morgan fingerprint density at radius 1 is 1.11 bits per heavy atom. The standard InChI is InChI=1S/C19H15FN4O3S/c1-28(26,27)19-21-8-6-15(22-19)18-17(13-2-4-14(20)5-3-13)23-16-10-12(11-25)7-9-24(16)18/h2-10,25H,11H2,1H3. The van der Waals surface area contributed by atoms with Gasteiger partial charge in [0.25, 0.3) is 0 Å². The molecule has 0 radical (unpaired) electrons. The third-order valence-corrected chi connectivity index (χ3v) is 5.06. The average molecular weight is 398 g/mol. The number of fused-ring (bicyclic) bond motifs is 1. The molecular formula is C19H15FN4O3S. The molecule has 0 saturated carbocycles. The lowest BCUT2D eigenvalue weighted by Gasteiger charge is -2.07. The first kappa shape index (κ1) is 18.2. The van der Waals surface area contributed by atoms with Crippen LogP contribution in [0.15, 0.2) is 60.0 Å². The van der Waals surface area contributed by atoms with E-state index in [-0.39, 0.29) is 17.6 Å². The number of imidazole rings is 1. The van der Waals surface area contributed by atoms with Crippen LogP contribution in [0, 0.1) is 5.82 Å². The third kappa shape index (κ3) is 3.25. The highest BCUT2D eigenvalue weighted by molar-refractivity contribution is 7.90. The van der Waals surface area contributed by atoms with E-state index in [4.69, 9.17) is 0 Å². The van der Waals surface area contributed by atoms with E-state index in [0.717, 1.165) is 6.26 Å². The number of halogens is 1. The summed E-state index contributed by atoms with van der Waals surface area (Å²) in [5.74, 6) is -0.377. The van der Waals surface area contributed by atoms with E-state index in [2.05, 4.69) is 15.0 Å². The van der Waals surface area contributed by atoms with Crippen molar-refractivity contribution in [3.63, 3.8) is 0 Å². The van der Waals surface area contributed by atoms with Crippen molar-refractivity contribution >= 4 is 15.5 Å². The molecule has 3 heterocycles. The van der Waals surface area contributed by atoms with Gasteiger partial charge in [0.2, 0.25) is 15.0 Å². The van der Waals surface area contributed by atoms with Gasteiger partial charge >= 0.3 is 0 Å².